The van der Waals surface area contributed by atoms with E-state index in [0.717, 1.165) is 11.3 Å². The lowest BCUT2D eigenvalue weighted by atomic mass is 10.2. The van der Waals surface area contributed by atoms with Crippen LogP contribution in [-0.4, -0.2) is 35.5 Å². The van der Waals surface area contributed by atoms with Crippen LogP contribution in [0.4, 0.5) is 4.39 Å². The van der Waals surface area contributed by atoms with Gasteiger partial charge in [0.05, 0.1) is 49.4 Å². The van der Waals surface area contributed by atoms with Crippen LogP contribution in [0.2, 0.25) is 0 Å². The van der Waals surface area contributed by atoms with E-state index in [1.54, 1.807) is 13.0 Å². The minimum atomic E-state index is -0.250. The molecule has 20 heavy (non-hydrogen) atoms. The highest BCUT2D eigenvalue weighted by atomic mass is 35.5. The van der Waals surface area contributed by atoms with Crippen molar-refractivity contribution in [2.24, 2.45) is 0 Å². The average Bonchev–Trinajstić information content (AvgIpc) is 2.78. The van der Waals surface area contributed by atoms with Crippen LogP contribution in [0, 0.1) is 12.7 Å². The molecule has 0 bridgehead atoms. The lowest BCUT2D eigenvalue weighted by Gasteiger charge is -2.24. The predicted octanol–water partition coefficient (Wildman–Crippen LogP) is 2.64. The topological polar surface area (TPSA) is 36.3 Å². The molecule has 1 aliphatic rings. The number of hydrogen-bond acceptors (Lipinski definition) is 3. The van der Waals surface area contributed by atoms with E-state index in [1.165, 1.54) is 6.07 Å². The summed E-state index contributed by atoms with van der Waals surface area (Å²) >= 11 is 5.95. The summed E-state index contributed by atoms with van der Waals surface area (Å²) in [5.74, 6) is 0.754. The Morgan fingerprint density at radius 2 is 2.30 bits per heavy atom. The third-order valence-corrected chi connectivity index (χ3v) is 3.74. The van der Waals surface area contributed by atoms with Gasteiger partial charge in [0, 0.05) is 6.07 Å². The number of aryl methyl sites for hydroxylation is 1. The molecule has 0 radical (unpaired) electrons. The predicted molar refractivity (Wildman–Crippen MR) is 74.5 cm³/mol. The highest BCUT2D eigenvalue weighted by molar-refractivity contribution is 6.16. The Labute approximate surface area is 121 Å². The van der Waals surface area contributed by atoms with Gasteiger partial charge in [-0.15, -0.1) is 11.6 Å². The summed E-state index contributed by atoms with van der Waals surface area (Å²) in [5, 5.41) is 0. The fourth-order valence-corrected chi connectivity index (χ4v) is 2.66. The summed E-state index contributed by atoms with van der Waals surface area (Å²) in [4.78, 5) is 4.39. The minimum absolute atomic E-state index is 0.0199. The Balaban J connectivity index is 2.00. The number of fused-ring (bicyclic) bond motifs is 1. The summed E-state index contributed by atoms with van der Waals surface area (Å²) in [6.07, 6.45) is -0.0199. The molecule has 0 N–H and O–H groups in total. The highest BCUT2D eigenvalue weighted by Crippen LogP contribution is 2.22. The van der Waals surface area contributed by atoms with Crippen molar-refractivity contribution in [1.82, 2.24) is 9.55 Å². The van der Waals surface area contributed by atoms with Crippen molar-refractivity contribution in [2.75, 3.05) is 19.8 Å². The highest BCUT2D eigenvalue weighted by Gasteiger charge is 2.19. The summed E-state index contributed by atoms with van der Waals surface area (Å²) in [7, 11) is 0. The molecule has 1 aromatic carbocycles. The fraction of sp³-hybridized carbons (Fsp3) is 0.500. The first-order valence-electron chi connectivity index (χ1n) is 6.59. The quantitative estimate of drug-likeness (QED) is 0.817. The summed E-state index contributed by atoms with van der Waals surface area (Å²) in [6, 6.07) is 3.26. The van der Waals surface area contributed by atoms with Gasteiger partial charge in [0.15, 0.2) is 0 Å². The SMILES string of the molecule is Cc1cc2c(cc1F)nc(CCl)n2CC1COCCO1. The van der Waals surface area contributed by atoms with E-state index in [4.69, 9.17) is 21.1 Å². The maximum absolute atomic E-state index is 13.6. The van der Waals surface area contributed by atoms with Gasteiger partial charge in [-0.25, -0.2) is 9.37 Å². The van der Waals surface area contributed by atoms with Gasteiger partial charge in [-0.1, -0.05) is 0 Å². The van der Waals surface area contributed by atoms with Crippen LogP contribution in [-0.2, 0) is 21.9 Å². The second-order valence-corrected chi connectivity index (χ2v) is 5.20. The molecule has 6 heteroatoms. The third-order valence-electron chi connectivity index (χ3n) is 3.50. The molecule has 1 fully saturated rings. The molecule has 0 amide bonds. The van der Waals surface area contributed by atoms with Gasteiger partial charge in [-0.3, -0.25) is 0 Å². The van der Waals surface area contributed by atoms with E-state index in [2.05, 4.69) is 4.98 Å². The van der Waals surface area contributed by atoms with Crippen LogP contribution in [0.1, 0.15) is 11.4 Å². The average molecular weight is 299 g/mol. The van der Waals surface area contributed by atoms with Crippen molar-refractivity contribution in [3.05, 3.63) is 29.3 Å². The van der Waals surface area contributed by atoms with E-state index in [1.807, 2.05) is 4.57 Å². The van der Waals surface area contributed by atoms with E-state index < -0.39 is 0 Å². The summed E-state index contributed by atoms with van der Waals surface area (Å²) in [5.41, 5.74) is 2.11. The van der Waals surface area contributed by atoms with Crippen molar-refractivity contribution < 1.29 is 13.9 Å². The molecule has 4 nitrogen and oxygen atoms in total. The third kappa shape index (κ3) is 2.53. The van der Waals surface area contributed by atoms with E-state index in [9.17, 15) is 4.39 Å². The van der Waals surface area contributed by atoms with Crippen LogP contribution in [0.25, 0.3) is 11.0 Å². The van der Waals surface area contributed by atoms with Crippen molar-refractivity contribution in [2.45, 2.75) is 25.5 Å². The first kappa shape index (κ1) is 13.8. The van der Waals surface area contributed by atoms with E-state index in [0.29, 0.717) is 37.4 Å². The van der Waals surface area contributed by atoms with Crippen LogP contribution in [0.5, 0.6) is 0 Å². The zero-order chi connectivity index (χ0) is 14.1. The van der Waals surface area contributed by atoms with Crippen molar-refractivity contribution in [1.29, 1.82) is 0 Å². The Morgan fingerprint density at radius 1 is 1.45 bits per heavy atom. The maximum atomic E-state index is 13.6. The molecule has 3 rings (SSSR count). The second-order valence-electron chi connectivity index (χ2n) is 4.93. The lowest BCUT2D eigenvalue weighted by Crippen LogP contribution is -2.32. The number of ether oxygens (including phenoxy) is 2. The number of aromatic nitrogens is 2. The van der Waals surface area contributed by atoms with Crippen molar-refractivity contribution in [3.8, 4) is 0 Å². The number of hydrogen-bond donors (Lipinski definition) is 0. The number of imidazole rings is 1. The van der Waals surface area contributed by atoms with Crippen LogP contribution in [0.15, 0.2) is 12.1 Å². The number of nitrogens with zero attached hydrogens (tertiary/aromatic N) is 2. The Bertz CT molecular complexity index is 623. The molecular weight excluding hydrogens is 283 g/mol. The maximum Gasteiger partial charge on any atom is 0.128 e. The van der Waals surface area contributed by atoms with Crippen molar-refractivity contribution in [3.63, 3.8) is 0 Å². The Kier molecular flexibility index (Phi) is 3.92. The molecule has 2 heterocycles. The molecule has 0 saturated carbocycles. The molecule has 108 valence electrons. The Hall–Kier alpha value is -1.17. The molecule has 1 aromatic heterocycles. The number of benzene rings is 1. The lowest BCUT2D eigenvalue weighted by molar-refractivity contribution is -0.0934. The first-order chi connectivity index (χ1) is 9.69. The smallest absolute Gasteiger partial charge is 0.128 e. The summed E-state index contributed by atoms with van der Waals surface area (Å²) < 4.78 is 26.7. The Morgan fingerprint density at radius 3 is 3.00 bits per heavy atom. The van der Waals surface area contributed by atoms with Crippen molar-refractivity contribution >= 4 is 22.6 Å². The van der Waals surface area contributed by atoms with Crippen LogP contribution in [0.3, 0.4) is 0 Å². The second kappa shape index (κ2) is 5.68. The molecule has 0 aliphatic carbocycles. The van der Waals surface area contributed by atoms with Gasteiger partial charge in [0.2, 0.25) is 0 Å². The van der Waals surface area contributed by atoms with E-state index in [-0.39, 0.29) is 17.8 Å². The number of halogens is 2. The molecule has 1 unspecified atom stereocenters. The fourth-order valence-electron chi connectivity index (χ4n) is 2.45. The monoisotopic (exact) mass is 298 g/mol. The molecule has 2 aromatic rings. The van der Waals surface area contributed by atoms with E-state index >= 15 is 0 Å². The van der Waals surface area contributed by atoms with Gasteiger partial charge in [0.1, 0.15) is 11.6 Å². The normalized spacial score (nSPS) is 19.6. The van der Waals surface area contributed by atoms with Crippen LogP contribution >= 0.6 is 11.6 Å². The molecule has 1 aliphatic heterocycles. The van der Waals surface area contributed by atoms with Gasteiger partial charge >= 0.3 is 0 Å². The first-order valence-corrected chi connectivity index (χ1v) is 7.13. The number of alkyl halides is 1. The van der Waals surface area contributed by atoms with Gasteiger partial charge in [-0.2, -0.15) is 0 Å². The van der Waals surface area contributed by atoms with Gasteiger partial charge in [-0.05, 0) is 18.6 Å². The molecular formula is C14H16ClFN2O2. The van der Waals surface area contributed by atoms with Crippen LogP contribution < -0.4 is 0 Å². The van der Waals surface area contributed by atoms with Gasteiger partial charge < -0.3 is 14.0 Å². The molecule has 1 atom stereocenters. The minimum Gasteiger partial charge on any atom is -0.376 e. The zero-order valence-corrected chi connectivity index (χ0v) is 12.0. The summed E-state index contributed by atoms with van der Waals surface area (Å²) in [6.45, 7) is 4.15. The zero-order valence-electron chi connectivity index (χ0n) is 11.2. The molecule has 0 spiro atoms. The standard InChI is InChI=1S/C14H16ClFN2O2/c1-9-4-13-12(5-11(9)16)17-14(6-15)18(13)7-10-8-19-2-3-20-10/h4-5,10H,2-3,6-8H2,1H3. The van der Waals surface area contributed by atoms with Gasteiger partial charge in [0.25, 0.3) is 0 Å². The number of rotatable bonds is 3. The molecule has 1 saturated heterocycles. The largest absolute Gasteiger partial charge is 0.376 e.